The van der Waals surface area contributed by atoms with Crippen molar-refractivity contribution in [2.75, 3.05) is 6.54 Å². The predicted octanol–water partition coefficient (Wildman–Crippen LogP) is 3.18. The maximum absolute atomic E-state index is 13.8. The van der Waals surface area contributed by atoms with Crippen molar-refractivity contribution in [2.45, 2.75) is 38.8 Å². The van der Waals surface area contributed by atoms with Crippen LogP contribution in [0.2, 0.25) is 0 Å². The van der Waals surface area contributed by atoms with Crippen LogP contribution in [0.3, 0.4) is 0 Å². The van der Waals surface area contributed by atoms with Crippen molar-refractivity contribution < 1.29 is 13.5 Å². The fourth-order valence-corrected chi connectivity index (χ4v) is 2.22. The van der Waals surface area contributed by atoms with E-state index in [0.717, 1.165) is 31.5 Å². The van der Waals surface area contributed by atoms with E-state index < -0.39 is 11.6 Å². The molecule has 1 aliphatic heterocycles. The van der Waals surface area contributed by atoms with E-state index in [1.54, 1.807) is 0 Å². The van der Waals surface area contributed by atoms with Gasteiger partial charge in [-0.2, -0.15) is 0 Å². The standard InChI is InChI=1S/C13H17F2NO/c1-3-7-16-12-10(4-2)17-13-9(15)6-5-8(14)11(12)13/h5-6,10,12,16H,3-4,7H2,1-2H3. The average molecular weight is 241 g/mol. The summed E-state index contributed by atoms with van der Waals surface area (Å²) in [6, 6.07) is 2.03. The molecule has 4 heteroatoms. The van der Waals surface area contributed by atoms with Crippen molar-refractivity contribution in [3.05, 3.63) is 29.3 Å². The van der Waals surface area contributed by atoms with E-state index in [2.05, 4.69) is 5.32 Å². The van der Waals surface area contributed by atoms with Crippen LogP contribution in [0.1, 0.15) is 38.3 Å². The lowest BCUT2D eigenvalue weighted by atomic mass is 10.0. The Morgan fingerprint density at radius 1 is 1.24 bits per heavy atom. The third-order valence-corrected chi connectivity index (χ3v) is 3.06. The Morgan fingerprint density at radius 3 is 2.59 bits per heavy atom. The number of halogens is 2. The molecule has 0 fully saturated rings. The van der Waals surface area contributed by atoms with Crippen molar-refractivity contribution in [1.29, 1.82) is 0 Å². The zero-order valence-corrected chi connectivity index (χ0v) is 10.1. The molecule has 1 N–H and O–H groups in total. The van der Waals surface area contributed by atoms with Crippen molar-refractivity contribution in [3.63, 3.8) is 0 Å². The van der Waals surface area contributed by atoms with Gasteiger partial charge in [0.25, 0.3) is 0 Å². The van der Waals surface area contributed by atoms with Crippen molar-refractivity contribution in [1.82, 2.24) is 5.32 Å². The average Bonchev–Trinajstić information content (AvgIpc) is 2.71. The highest BCUT2D eigenvalue weighted by molar-refractivity contribution is 5.43. The third kappa shape index (κ3) is 2.14. The molecule has 1 heterocycles. The first-order valence-electron chi connectivity index (χ1n) is 6.07. The zero-order chi connectivity index (χ0) is 12.4. The van der Waals surface area contributed by atoms with E-state index in [1.165, 1.54) is 0 Å². The molecule has 1 aliphatic rings. The zero-order valence-electron chi connectivity index (χ0n) is 10.1. The number of fused-ring (bicyclic) bond motifs is 1. The first-order valence-corrected chi connectivity index (χ1v) is 6.07. The van der Waals surface area contributed by atoms with Crippen molar-refractivity contribution >= 4 is 0 Å². The second-order valence-electron chi connectivity index (χ2n) is 4.27. The minimum atomic E-state index is -0.486. The second-order valence-corrected chi connectivity index (χ2v) is 4.27. The number of hydrogen-bond donors (Lipinski definition) is 1. The van der Waals surface area contributed by atoms with Crippen LogP contribution >= 0.6 is 0 Å². The van der Waals surface area contributed by atoms with Crippen LogP contribution in [0.15, 0.2) is 12.1 Å². The highest BCUT2D eigenvalue weighted by Crippen LogP contribution is 2.41. The minimum Gasteiger partial charge on any atom is -0.485 e. The summed E-state index contributed by atoms with van der Waals surface area (Å²) in [5.41, 5.74) is 0.338. The third-order valence-electron chi connectivity index (χ3n) is 3.06. The molecule has 0 spiro atoms. The molecule has 94 valence electrons. The summed E-state index contributed by atoms with van der Waals surface area (Å²) >= 11 is 0. The van der Waals surface area contributed by atoms with E-state index in [9.17, 15) is 8.78 Å². The molecular weight excluding hydrogens is 224 g/mol. The van der Waals surface area contributed by atoms with Crippen LogP contribution in [-0.4, -0.2) is 12.6 Å². The Morgan fingerprint density at radius 2 is 1.94 bits per heavy atom. The molecule has 0 aromatic heterocycles. The first kappa shape index (κ1) is 12.3. The Labute approximate surface area is 100.0 Å². The van der Waals surface area contributed by atoms with Gasteiger partial charge in [0, 0.05) is 0 Å². The van der Waals surface area contributed by atoms with Crippen LogP contribution in [0.25, 0.3) is 0 Å². The van der Waals surface area contributed by atoms with Gasteiger partial charge >= 0.3 is 0 Å². The first-order chi connectivity index (χ1) is 8.19. The molecule has 0 radical (unpaired) electrons. The van der Waals surface area contributed by atoms with Gasteiger partial charge < -0.3 is 10.1 Å². The summed E-state index contributed by atoms with van der Waals surface area (Å²) in [6.45, 7) is 4.75. The highest BCUT2D eigenvalue weighted by Gasteiger charge is 2.37. The lowest BCUT2D eigenvalue weighted by Gasteiger charge is -2.18. The van der Waals surface area contributed by atoms with Crippen LogP contribution in [-0.2, 0) is 0 Å². The Hall–Kier alpha value is -1.16. The summed E-state index contributed by atoms with van der Waals surface area (Å²) in [4.78, 5) is 0. The van der Waals surface area contributed by atoms with Gasteiger partial charge in [-0.25, -0.2) is 8.78 Å². The van der Waals surface area contributed by atoms with Gasteiger partial charge in [0.1, 0.15) is 11.9 Å². The van der Waals surface area contributed by atoms with Crippen LogP contribution in [0.4, 0.5) is 8.78 Å². The fourth-order valence-electron chi connectivity index (χ4n) is 2.22. The summed E-state index contributed by atoms with van der Waals surface area (Å²) < 4.78 is 32.8. The molecule has 0 bridgehead atoms. The molecule has 2 rings (SSSR count). The summed E-state index contributed by atoms with van der Waals surface area (Å²) in [5, 5.41) is 3.22. The predicted molar refractivity (Wildman–Crippen MR) is 62.1 cm³/mol. The van der Waals surface area contributed by atoms with Crippen LogP contribution < -0.4 is 10.1 Å². The van der Waals surface area contributed by atoms with Gasteiger partial charge in [-0.3, -0.25) is 0 Å². The molecule has 2 atom stereocenters. The summed E-state index contributed by atoms with van der Waals surface area (Å²) in [7, 11) is 0. The minimum absolute atomic E-state index is 0.0745. The quantitative estimate of drug-likeness (QED) is 0.874. The molecule has 0 saturated carbocycles. The molecular formula is C13H17F2NO. The lowest BCUT2D eigenvalue weighted by Crippen LogP contribution is -2.31. The van der Waals surface area contributed by atoms with Crippen LogP contribution in [0, 0.1) is 11.6 Å². The SMILES string of the molecule is CCCNC1c2c(F)ccc(F)c2OC1CC. The van der Waals surface area contributed by atoms with Gasteiger partial charge in [-0.15, -0.1) is 0 Å². The fraction of sp³-hybridized carbons (Fsp3) is 0.538. The van der Waals surface area contributed by atoms with E-state index in [4.69, 9.17) is 4.74 Å². The van der Waals surface area contributed by atoms with E-state index in [1.807, 2.05) is 13.8 Å². The van der Waals surface area contributed by atoms with Crippen LogP contribution in [0.5, 0.6) is 5.75 Å². The van der Waals surface area contributed by atoms with Gasteiger partial charge in [0.2, 0.25) is 0 Å². The van der Waals surface area contributed by atoms with Gasteiger partial charge in [-0.05, 0) is 31.5 Å². The number of rotatable bonds is 4. The normalized spacial score (nSPS) is 22.4. The van der Waals surface area contributed by atoms with Gasteiger partial charge in [0.05, 0.1) is 11.6 Å². The summed E-state index contributed by atoms with van der Waals surface area (Å²) in [5.74, 6) is -0.808. The largest absolute Gasteiger partial charge is 0.485 e. The van der Waals surface area contributed by atoms with Crippen molar-refractivity contribution in [3.8, 4) is 5.75 Å². The monoisotopic (exact) mass is 241 g/mol. The van der Waals surface area contributed by atoms with E-state index in [0.29, 0.717) is 5.56 Å². The number of nitrogens with one attached hydrogen (secondary N) is 1. The molecule has 2 nitrogen and oxygen atoms in total. The highest BCUT2D eigenvalue weighted by atomic mass is 19.1. The van der Waals surface area contributed by atoms with Crippen molar-refractivity contribution in [2.24, 2.45) is 0 Å². The molecule has 0 aliphatic carbocycles. The molecule has 0 saturated heterocycles. The number of hydrogen-bond acceptors (Lipinski definition) is 2. The molecule has 1 aromatic rings. The Kier molecular flexibility index (Phi) is 3.62. The maximum Gasteiger partial charge on any atom is 0.165 e. The van der Waals surface area contributed by atoms with E-state index >= 15 is 0 Å². The number of ether oxygens (including phenoxy) is 1. The van der Waals surface area contributed by atoms with Gasteiger partial charge in [-0.1, -0.05) is 13.8 Å². The Balaban J connectivity index is 2.36. The number of benzene rings is 1. The topological polar surface area (TPSA) is 21.3 Å². The maximum atomic E-state index is 13.8. The Bertz CT molecular complexity index is 409. The molecule has 2 unspecified atom stereocenters. The lowest BCUT2D eigenvalue weighted by molar-refractivity contribution is 0.179. The molecule has 0 amide bonds. The smallest absolute Gasteiger partial charge is 0.165 e. The van der Waals surface area contributed by atoms with Gasteiger partial charge in [0.15, 0.2) is 11.6 Å². The summed E-state index contributed by atoms with van der Waals surface area (Å²) in [6.07, 6.45) is 1.47. The second kappa shape index (κ2) is 5.00. The van der Waals surface area contributed by atoms with E-state index in [-0.39, 0.29) is 17.9 Å². The molecule has 17 heavy (non-hydrogen) atoms. The molecule has 1 aromatic carbocycles.